The maximum absolute atomic E-state index is 12.3. The van der Waals surface area contributed by atoms with Crippen molar-refractivity contribution < 1.29 is 14.3 Å². The van der Waals surface area contributed by atoms with Crippen LogP contribution in [0.15, 0.2) is 0 Å². The Kier molecular flexibility index (Phi) is 5.79. The highest BCUT2D eigenvalue weighted by Crippen LogP contribution is 2.15. The Morgan fingerprint density at radius 3 is 2.60 bits per heavy atom. The molecule has 2 aliphatic rings. The van der Waals surface area contributed by atoms with Crippen LogP contribution in [0.4, 0.5) is 0 Å². The van der Waals surface area contributed by atoms with Gasteiger partial charge in [-0.1, -0.05) is 6.42 Å². The fourth-order valence-electron chi connectivity index (χ4n) is 2.93. The summed E-state index contributed by atoms with van der Waals surface area (Å²) in [6.45, 7) is 2.51. The predicted octanol–water partition coefficient (Wildman–Crippen LogP) is -0.118. The Bertz CT molecular complexity index is 335. The van der Waals surface area contributed by atoms with E-state index in [0.717, 1.165) is 51.7 Å². The molecule has 6 heteroatoms. The highest BCUT2D eigenvalue weighted by molar-refractivity contribution is 5.82. The summed E-state index contributed by atoms with van der Waals surface area (Å²) < 4.78 is 4.80. The molecule has 0 bridgehead atoms. The summed E-state index contributed by atoms with van der Waals surface area (Å²) in [4.78, 5) is 25.7. The largest absolute Gasteiger partial charge is 0.375 e. The number of nitrogens with one attached hydrogen (secondary N) is 2. The molecule has 2 saturated heterocycles. The maximum atomic E-state index is 12.3. The SMILES string of the molecule is COCC(=O)NC1CCN(C(=O)C2CCCCN2)CC1. The second kappa shape index (κ2) is 7.59. The van der Waals surface area contributed by atoms with Crippen LogP contribution >= 0.6 is 0 Å². The Balaban J connectivity index is 1.73. The van der Waals surface area contributed by atoms with Crippen molar-refractivity contribution in [1.29, 1.82) is 0 Å². The molecule has 6 nitrogen and oxygen atoms in total. The van der Waals surface area contributed by atoms with E-state index < -0.39 is 0 Å². The molecule has 1 atom stereocenters. The topological polar surface area (TPSA) is 70.7 Å². The Morgan fingerprint density at radius 2 is 2.00 bits per heavy atom. The Morgan fingerprint density at radius 1 is 1.25 bits per heavy atom. The van der Waals surface area contributed by atoms with Gasteiger partial charge < -0.3 is 20.3 Å². The van der Waals surface area contributed by atoms with E-state index in [2.05, 4.69) is 10.6 Å². The van der Waals surface area contributed by atoms with Crippen LogP contribution in [0.3, 0.4) is 0 Å². The first-order chi connectivity index (χ1) is 9.70. The average Bonchev–Trinajstić information content (AvgIpc) is 2.48. The molecule has 0 spiro atoms. The zero-order chi connectivity index (χ0) is 14.4. The molecule has 0 saturated carbocycles. The summed E-state index contributed by atoms with van der Waals surface area (Å²) in [5.41, 5.74) is 0. The van der Waals surface area contributed by atoms with Crippen molar-refractivity contribution in [2.75, 3.05) is 33.4 Å². The summed E-state index contributed by atoms with van der Waals surface area (Å²) in [6, 6.07) is 0.171. The summed E-state index contributed by atoms with van der Waals surface area (Å²) in [5, 5.41) is 6.24. The third-order valence-corrected chi connectivity index (χ3v) is 4.06. The van der Waals surface area contributed by atoms with E-state index in [1.165, 1.54) is 7.11 Å². The van der Waals surface area contributed by atoms with E-state index in [0.29, 0.717) is 0 Å². The molecule has 2 aliphatic heterocycles. The van der Waals surface area contributed by atoms with Gasteiger partial charge in [0.05, 0.1) is 6.04 Å². The summed E-state index contributed by atoms with van der Waals surface area (Å²) in [7, 11) is 1.51. The zero-order valence-corrected chi connectivity index (χ0v) is 12.2. The van der Waals surface area contributed by atoms with Gasteiger partial charge >= 0.3 is 0 Å². The van der Waals surface area contributed by atoms with Crippen molar-refractivity contribution in [2.45, 2.75) is 44.2 Å². The number of ether oxygens (including phenoxy) is 1. The molecule has 1 unspecified atom stereocenters. The molecule has 0 aliphatic carbocycles. The first-order valence-corrected chi connectivity index (χ1v) is 7.51. The minimum Gasteiger partial charge on any atom is -0.375 e. The third kappa shape index (κ3) is 4.18. The van der Waals surface area contributed by atoms with Crippen LogP contribution in [0.25, 0.3) is 0 Å². The maximum Gasteiger partial charge on any atom is 0.246 e. The molecule has 0 aromatic rings. The lowest BCUT2D eigenvalue weighted by Gasteiger charge is -2.35. The van der Waals surface area contributed by atoms with Gasteiger partial charge in [0.25, 0.3) is 0 Å². The van der Waals surface area contributed by atoms with Gasteiger partial charge in [0, 0.05) is 26.2 Å². The minimum atomic E-state index is -0.0776. The molecule has 2 heterocycles. The van der Waals surface area contributed by atoms with E-state index in [9.17, 15) is 9.59 Å². The second-order valence-electron chi connectivity index (χ2n) is 5.60. The molecule has 2 rings (SSSR count). The highest BCUT2D eigenvalue weighted by atomic mass is 16.5. The van der Waals surface area contributed by atoms with Crippen LogP contribution in [0.5, 0.6) is 0 Å². The fraction of sp³-hybridized carbons (Fsp3) is 0.857. The minimum absolute atomic E-state index is 0.00313. The lowest BCUT2D eigenvalue weighted by Crippen LogP contribution is -2.53. The van der Waals surface area contributed by atoms with Crippen LogP contribution in [0, 0.1) is 0 Å². The number of methoxy groups -OCH3 is 1. The van der Waals surface area contributed by atoms with E-state index in [-0.39, 0.29) is 30.5 Å². The normalized spacial score (nSPS) is 24.4. The monoisotopic (exact) mass is 283 g/mol. The van der Waals surface area contributed by atoms with Crippen molar-refractivity contribution in [1.82, 2.24) is 15.5 Å². The molecular weight excluding hydrogens is 258 g/mol. The average molecular weight is 283 g/mol. The van der Waals surface area contributed by atoms with Crippen molar-refractivity contribution >= 4 is 11.8 Å². The number of amides is 2. The predicted molar refractivity (Wildman–Crippen MR) is 75.3 cm³/mol. The molecule has 2 fully saturated rings. The summed E-state index contributed by atoms with van der Waals surface area (Å²) in [6.07, 6.45) is 4.90. The molecule has 2 amide bonds. The number of likely N-dealkylation sites (tertiary alicyclic amines) is 1. The van der Waals surface area contributed by atoms with Gasteiger partial charge in [-0.05, 0) is 32.2 Å². The number of piperidine rings is 2. The van der Waals surface area contributed by atoms with E-state index >= 15 is 0 Å². The molecule has 20 heavy (non-hydrogen) atoms. The van der Waals surface area contributed by atoms with Crippen LogP contribution in [-0.4, -0.2) is 62.1 Å². The molecule has 114 valence electrons. The second-order valence-corrected chi connectivity index (χ2v) is 5.60. The molecular formula is C14H25N3O3. The van der Waals surface area contributed by atoms with E-state index in [4.69, 9.17) is 4.74 Å². The van der Waals surface area contributed by atoms with Crippen molar-refractivity contribution in [3.05, 3.63) is 0 Å². The smallest absolute Gasteiger partial charge is 0.246 e. The van der Waals surface area contributed by atoms with Crippen molar-refractivity contribution in [3.8, 4) is 0 Å². The van der Waals surface area contributed by atoms with Gasteiger partial charge in [-0.3, -0.25) is 9.59 Å². The summed E-state index contributed by atoms with van der Waals surface area (Å²) in [5.74, 6) is 0.151. The molecule has 0 aromatic heterocycles. The van der Waals surface area contributed by atoms with Crippen LogP contribution in [-0.2, 0) is 14.3 Å². The molecule has 0 aromatic carbocycles. The van der Waals surface area contributed by atoms with Gasteiger partial charge in [0.15, 0.2) is 0 Å². The fourth-order valence-corrected chi connectivity index (χ4v) is 2.93. The van der Waals surface area contributed by atoms with Gasteiger partial charge in [0.1, 0.15) is 6.61 Å². The molecule has 0 radical (unpaired) electrons. The lowest BCUT2D eigenvalue weighted by molar-refractivity contribution is -0.135. The molecule has 2 N–H and O–H groups in total. The highest BCUT2D eigenvalue weighted by Gasteiger charge is 2.29. The number of nitrogens with zero attached hydrogens (tertiary/aromatic N) is 1. The number of carbonyl (C=O) groups excluding carboxylic acids is 2. The number of hydrogen-bond acceptors (Lipinski definition) is 4. The van der Waals surface area contributed by atoms with Crippen molar-refractivity contribution in [2.24, 2.45) is 0 Å². The van der Waals surface area contributed by atoms with Crippen LogP contribution in [0.2, 0.25) is 0 Å². The van der Waals surface area contributed by atoms with E-state index in [1.54, 1.807) is 0 Å². The van der Waals surface area contributed by atoms with Gasteiger partial charge in [-0.25, -0.2) is 0 Å². The first kappa shape index (κ1) is 15.3. The summed E-state index contributed by atoms with van der Waals surface area (Å²) >= 11 is 0. The number of hydrogen-bond donors (Lipinski definition) is 2. The van der Waals surface area contributed by atoms with Crippen LogP contribution < -0.4 is 10.6 Å². The van der Waals surface area contributed by atoms with E-state index in [1.807, 2.05) is 4.90 Å². The third-order valence-electron chi connectivity index (χ3n) is 4.06. The van der Waals surface area contributed by atoms with Crippen LogP contribution in [0.1, 0.15) is 32.1 Å². The standard InChI is InChI=1S/C14H25N3O3/c1-20-10-13(18)16-11-5-8-17(9-6-11)14(19)12-4-2-3-7-15-12/h11-12,15H,2-10H2,1H3,(H,16,18). The van der Waals surface area contributed by atoms with Gasteiger partial charge in [-0.15, -0.1) is 0 Å². The first-order valence-electron chi connectivity index (χ1n) is 7.51. The number of carbonyl (C=O) groups is 2. The number of rotatable bonds is 4. The lowest BCUT2D eigenvalue weighted by atomic mass is 10.0. The Hall–Kier alpha value is -1.14. The van der Waals surface area contributed by atoms with Gasteiger partial charge in [0.2, 0.25) is 11.8 Å². The zero-order valence-electron chi connectivity index (χ0n) is 12.2. The quantitative estimate of drug-likeness (QED) is 0.755. The van der Waals surface area contributed by atoms with Gasteiger partial charge in [-0.2, -0.15) is 0 Å². The van der Waals surface area contributed by atoms with Crippen molar-refractivity contribution in [3.63, 3.8) is 0 Å². The Labute approximate surface area is 120 Å².